The van der Waals surface area contributed by atoms with Crippen LogP contribution in [0.15, 0.2) is 53.9 Å². The van der Waals surface area contributed by atoms with Crippen LogP contribution in [-0.4, -0.2) is 21.0 Å². The summed E-state index contributed by atoms with van der Waals surface area (Å²) in [6.45, 7) is 0.505. The second-order valence-electron chi connectivity index (χ2n) is 5.14. The van der Waals surface area contributed by atoms with Crippen molar-refractivity contribution >= 4 is 75.5 Å². The molecule has 1 heterocycles. The van der Waals surface area contributed by atoms with Crippen molar-refractivity contribution in [2.45, 2.75) is 16.5 Å². The highest BCUT2D eigenvalue weighted by molar-refractivity contribution is 7.80. The topological polar surface area (TPSA) is 53.2 Å². The highest BCUT2D eigenvalue weighted by atomic mass is 35.6. The zero-order valence-corrected chi connectivity index (χ0v) is 17.3. The van der Waals surface area contributed by atoms with E-state index in [9.17, 15) is 4.79 Å². The number of amides is 1. The average molecular weight is 449 g/mol. The quantitative estimate of drug-likeness (QED) is 0.268. The minimum Gasteiger partial charge on any atom is -0.359 e. The first kappa shape index (κ1) is 21.0. The van der Waals surface area contributed by atoms with Crippen LogP contribution in [0.1, 0.15) is 10.4 Å². The normalized spacial score (nSPS) is 12.6. The molecule has 2 rings (SSSR count). The van der Waals surface area contributed by atoms with E-state index >= 15 is 0 Å². The summed E-state index contributed by atoms with van der Waals surface area (Å²) < 4.78 is -1.79. The van der Waals surface area contributed by atoms with E-state index < -0.39 is 15.9 Å². The Labute approximate surface area is 176 Å². The molecule has 1 aromatic heterocycles. The molecule has 1 amide bonds. The molecule has 0 aliphatic rings. The molecule has 26 heavy (non-hydrogen) atoms. The molecule has 0 aliphatic heterocycles. The summed E-state index contributed by atoms with van der Waals surface area (Å²) in [5.41, 5.74) is 1.05. The van der Waals surface area contributed by atoms with Gasteiger partial charge in [-0.25, -0.2) is 0 Å². The summed E-state index contributed by atoms with van der Waals surface area (Å²) >= 11 is 24.6. The molecule has 138 valence electrons. The van der Waals surface area contributed by atoms with Crippen molar-refractivity contribution in [3.8, 4) is 0 Å². The van der Waals surface area contributed by atoms with Gasteiger partial charge in [0.2, 0.25) is 9.70 Å². The Bertz CT molecular complexity index is 746. The van der Waals surface area contributed by atoms with Gasteiger partial charge in [0.25, 0.3) is 0 Å². The van der Waals surface area contributed by atoms with Gasteiger partial charge in [0, 0.05) is 17.5 Å². The number of thiocarbonyl (C=S) groups is 1. The summed E-state index contributed by atoms with van der Waals surface area (Å²) in [4.78, 5) is 13.0. The summed E-state index contributed by atoms with van der Waals surface area (Å²) in [5, 5.41) is 10.6. The van der Waals surface area contributed by atoms with E-state index in [0.29, 0.717) is 6.54 Å². The monoisotopic (exact) mass is 447 g/mol. The zero-order valence-electron chi connectivity index (χ0n) is 13.4. The Kier molecular flexibility index (Phi) is 8.18. The summed E-state index contributed by atoms with van der Waals surface area (Å²) in [6.07, 6.45) is 2.06. The largest absolute Gasteiger partial charge is 0.359 e. The molecule has 2 aromatic rings. The standard InChI is InChI=1S/C17H16Cl3N3OS2/c18-17(19,20)15(22-14(24)9-8-13-7-4-10-26-13)23-16(25)21-11-12-5-2-1-3-6-12/h1-10,15H,11H2,(H,22,24)(H2,21,23,25)/b9-8+. The molecule has 1 unspecified atom stereocenters. The molecule has 3 N–H and O–H groups in total. The first-order chi connectivity index (χ1) is 12.3. The van der Waals surface area contributed by atoms with Crippen molar-refractivity contribution in [1.82, 2.24) is 16.0 Å². The van der Waals surface area contributed by atoms with Gasteiger partial charge in [-0.3, -0.25) is 4.79 Å². The molecule has 0 radical (unpaired) electrons. The smallest absolute Gasteiger partial charge is 0.245 e. The minimum atomic E-state index is -1.79. The van der Waals surface area contributed by atoms with E-state index in [4.69, 9.17) is 47.0 Å². The number of hydrogen-bond donors (Lipinski definition) is 3. The fourth-order valence-electron chi connectivity index (χ4n) is 1.89. The van der Waals surface area contributed by atoms with E-state index in [1.54, 1.807) is 6.08 Å². The van der Waals surface area contributed by atoms with Gasteiger partial charge >= 0.3 is 0 Å². The number of hydrogen-bond acceptors (Lipinski definition) is 3. The number of alkyl halides is 3. The fourth-order valence-corrected chi connectivity index (χ4v) is 3.03. The molecule has 9 heteroatoms. The number of thiophene rings is 1. The second-order valence-corrected chi connectivity index (χ2v) is 8.90. The van der Waals surface area contributed by atoms with E-state index in [1.165, 1.54) is 17.4 Å². The van der Waals surface area contributed by atoms with Gasteiger partial charge in [-0.05, 0) is 35.3 Å². The lowest BCUT2D eigenvalue weighted by molar-refractivity contribution is -0.117. The lowest BCUT2D eigenvalue weighted by Crippen LogP contribution is -2.57. The molecule has 0 aliphatic carbocycles. The maximum atomic E-state index is 12.1. The van der Waals surface area contributed by atoms with Crippen LogP contribution in [0.3, 0.4) is 0 Å². The predicted molar refractivity (Wildman–Crippen MR) is 115 cm³/mol. The van der Waals surface area contributed by atoms with Crippen LogP contribution in [0.2, 0.25) is 0 Å². The molecular formula is C17H16Cl3N3OS2. The van der Waals surface area contributed by atoms with Crippen molar-refractivity contribution in [2.75, 3.05) is 0 Å². The van der Waals surface area contributed by atoms with Crippen LogP contribution in [0, 0.1) is 0 Å². The minimum absolute atomic E-state index is 0.257. The molecule has 0 bridgehead atoms. The first-order valence-corrected chi connectivity index (χ1v) is 9.94. The molecule has 0 spiro atoms. The van der Waals surface area contributed by atoms with E-state index in [1.807, 2.05) is 47.8 Å². The van der Waals surface area contributed by atoms with E-state index in [0.717, 1.165) is 10.4 Å². The lowest BCUT2D eigenvalue weighted by atomic mass is 10.2. The fraction of sp³-hybridized carbons (Fsp3) is 0.176. The Balaban J connectivity index is 1.90. The summed E-state index contributed by atoms with van der Waals surface area (Å²) in [5.74, 6) is -0.409. The first-order valence-electron chi connectivity index (χ1n) is 7.51. The van der Waals surface area contributed by atoms with E-state index in [2.05, 4.69) is 16.0 Å². The Morgan fingerprint density at radius 2 is 1.88 bits per heavy atom. The number of halogens is 3. The van der Waals surface area contributed by atoms with Gasteiger partial charge in [-0.2, -0.15) is 0 Å². The van der Waals surface area contributed by atoms with Crippen LogP contribution >= 0.6 is 58.4 Å². The number of benzene rings is 1. The van der Waals surface area contributed by atoms with Crippen LogP contribution in [0.4, 0.5) is 0 Å². The van der Waals surface area contributed by atoms with Crippen LogP contribution in [0.5, 0.6) is 0 Å². The van der Waals surface area contributed by atoms with Crippen molar-refractivity contribution in [1.29, 1.82) is 0 Å². The van der Waals surface area contributed by atoms with Crippen molar-refractivity contribution in [2.24, 2.45) is 0 Å². The number of rotatable bonds is 6. The van der Waals surface area contributed by atoms with Crippen molar-refractivity contribution in [3.63, 3.8) is 0 Å². The van der Waals surface area contributed by atoms with Gasteiger partial charge in [-0.1, -0.05) is 71.2 Å². The molecular weight excluding hydrogens is 433 g/mol. The third kappa shape index (κ3) is 7.51. The second kappa shape index (κ2) is 10.1. The van der Waals surface area contributed by atoms with Crippen LogP contribution in [-0.2, 0) is 11.3 Å². The van der Waals surface area contributed by atoms with Crippen LogP contribution < -0.4 is 16.0 Å². The third-order valence-electron chi connectivity index (χ3n) is 3.13. The third-order valence-corrected chi connectivity index (χ3v) is 4.88. The van der Waals surface area contributed by atoms with E-state index in [-0.39, 0.29) is 5.11 Å². The van der Waals surface area contributed by atoms with Gasteiger partial charge in [0.15, 0.2) is 5.11 Å². The summed E-state index contributed by atoms with van der Waals surface area (Å²) in [6, 6.07) is 13.5. The van der Waals surface area contributed by atoms with Crippen molar-refractivity contribution in [3.05, 3.63) is 64.4 Å². The SMILES string of the molecule is O=C(/C=C/c1cccs1)NC(NC(=S)NCc1ccccc1)C(Cl)(Cl)Cl. The average Bonchev–Trinajstić information content (AvgIpc) is 3.11. The van der Waals surface area contributed by atoms with Crippen molar-refractivity contribution < 1.29 is 4.79 Å². The highest BCUT2D eigenvalue weighted by Gasteiger charge is 2.34. The maximum absolute atomic E-state index is 12.1. The summed E-state index contributed by atoms with van der Waals surface area (Å²) in [7, 11) is 0. The predicted octanol–water partition coefficient (Wildman–Crippen LogP) is 4.24. The molecule has 0 saturated heterocycles. The Morgan fingerprint density at radius 1 is 1.15 bits per heavy atom. The molecule has 1 atom stereocenters. The molecule has 4 nitrogen and oxygen atoms in total. The lowest BCUT2D eigenvalue weighted by Gasteiger charge is -2.27. The van der Waals surface area contributed by atoms with Gasteiger partial charge in [-0.15, -0.1) is 11.3 Å². The number of carbonyl (C=O) groups excluding carboxylic acids is 1. The number of nitrogens with one attached hydrogen (secondary N) is 3. The zero-order chi connectivity index (χ0) is 19.0. The highest BCUT2D eigenvalue weighted by Crippen LogP contribution is 2.29. The molecule has 0 saturated carbocycles. The van der Waals surface area contributed by atoms with Gasteiger partial charge in [0.1, 0.15) is 6.17 Å². The maximum Gasteiger partial charge on any atom is 0.245 e. The molecule has 1 aromatic carbocycles. The van der Waals surface area contributed by atoms with Gasteiger partial charge < -0.3 is 16.0 Å². The number of carbonyl (C=O) groups is 1. The Morgan fingerprint density at radius 3 is 2.50 bits per heavy atom. The van der Waals surface area contributed by atoms with Gasteiger partial charge in [0.05, 0.1) is 0 Å². The van der Waals surface area contributed by atoms with Crippen LogP contribution in [0.25, 0.3) is 6.08 Å². The Hall–Kier alpha value is -1.31. The molecule has 0 fully saturated rings.